The van der Waals surface area contributed by atoms with Gasteiger partial charge in [-0.3, -0.25) is 4.79 Å². The molecule has 0 saturated heterocycles. The largest absolute Gasteiger partial charge is 0.352 e. The van der Waals surface area contributed by atoms with Gasteiger partial charge in [0, 0.05) is 20.0 Å². The molecule has 0 spiro atoms. The molecule has 0 atom stereocenters. The summed E-state index contributed by atoms with van der Waals surface area (Å²) in [6.07, 6.45) is 0.669. The van der Waals surface area contributed by atoms with E-state index in [4.69, 9.17) is 0 Å². The lowest BCUT2D eigenvalue weighted by Gasteiger charge is -2.06. The van der Waals surface area contributed by atoms with Crippen molar-refractivity contribution in [2.75, 3.05) is 0 Å². The number of aromatic nitrogens is 2. The maximum absolute atomic E-state index is 13.5. The van der Waals surface area contributed by atoms with Crippen LogP contribution in [0.2, 0.25) is 0 Å². The van der Waals surface area contributed by atoms with E-state index < -0.39 is 0 Å². The molecule has 0 fully saturated rings. The highest BCUT2D eigenvalue weighted by Crippen LogP contribution is 2.16. The van der Waals surface area contributed by atoms with E-state index in [-0.39, 0.29) is 18.1 Å². The number of carbonyl (C=O) groups is 1. The Morgan fingerprint density at radius 1 is 1.25 bits per heavy atom. The van der Waals surface area contributed by atoms with Gasteiger partial charge in [0.1, 0.15) is 11.6 Å². The SMILES string of the molecule is Cc1nc2cc(CNC(=O)CCc3ccccc3F)ccc2n1C. The number of imidazole rings is 1. The quantitative estimate of drug-likeness (QED) is 0.782. The standard InChI is InChI=1S/C19H20FN3O/c1-13-22-17-11-14(7-9-18(17)23(13)2)12-21-19(24)10-8-15-5-3-4-6-16(15)20/h3-7,9,11H,8,10,12H2,1-2H3,(H,21,24). The summed E-state index contributed by atoms with van der Waals surface area (Å²) < 4.78 is 15.6. The van der Waals surface area contributed by atoms with Crippen molar-refractivity contribution < 1.29 is 9.18 Å². The smallest absolute Gasteiger partial charge is 0.220 e. The first-order chi connectivity index (χ1) is 11.5. The highest BCUT2D eigenvalue weighted by molar-refractivity contribution is 5.78. The second-order valence-corrected chi connectivity index (χ2v) is 5.91. The van der Waals surface area contributed by atoms with Crippen LogP contribution in [0.4, 0.5) is 4.39 Å². The van der Waals surface area contributed by atoms with Gasteiger partial charge in [-0.2, -0.15) is 0 Å². The van der Waals surface area contributed by atoms with E-state index >= 15 is 0 Å². The fourth-order valence-electron chi connectivity index (χ4n) is 2.71. The molecule has 0 aliphatic rings. The van der Waals surface area contributed by atoms with Gasteiger partial charge in [-0.25, -0.2) is 9.37 Å². The Hall–Kier alpha value is -2.69. The van der Waals surface area contributed by atoms with Crippen LogP contribution in [-0.2, 0) is 24.8 Å². The summed E-state index contributed by atoms with van der Waals surface area (Å²) in [7, 11) is 1.98. The minimum Gasteiger partial charge on any atom is -0.352 e. The number of amides is 1. The molecule has 0 aliphatic carbocycles. The zero-order valence-electron chi connectivity index (χ0n) is 13.8. The number of rotatable bonds is 5. The minimum absolute atomic E-state index is 0.0875. The lowest BCUT2D eigenvalue weighted by Crippen LogP contribution is -2.23. The number of nitrogens with zero attached hydrogens (tertiary/aromatic N) is 2. The van der Waals surface area contributed by atoms with Crippen LogP contribution in [0.15, 0.2) is 42.5 Å². The van der Waals surface area contributed by atoms with Gasteiger partial charge in [0.25, 0.3) is 0 Å². The van der Waals surface area contributed by atoms with Gasteiger partial charge in [-0.05, 0) is 42.7 Å². The predicted octanol–water partition coefficient (Wildman–Crippen LogP) is 3.27. The average molecular weight is 325 g/mol. The molecule has 1 N–H and O–H groups in total. The number of carbonyl (C=O) groups excluding carboxylic acids is 1. The van der Waals surface area contributed by atoms with Crippen molar-refractivity contribution in [3.8, 4) is 0 Å². The maximum Gasteiger partial charge on any atom is 0.220 e. The molecule has 124 valence electrons. The number of benzene rings is 2. The van der Waals surface area contributed by atoms with E-state index in [1.54, 1.807) is 18.2 Å². The molecule has 0 saturated carbocycles. The van der Waals surface area contributed by atoms with Crippen LogP contribution in [-0.4, -0.2) is 15.5 Å². The van der Waals surface area contributed by atoms with E-state index in [1.165, 1.54) is 6.07 Å². The topological polar surface area (TPSA) is 46.9 Å². The van der Waals surface area contributed by atoms with Crippen LogP contribution < -0.4 is 5.32 Å². The van der Waals surface area contributed by atoms with Crippen molar-refractivity contribution in [3.05, 3.63) is 65.2 Å². The fraction of sp³-hybridized carbons (Fsp3) is 0.263. The van der Waals surface area contributed by atoms with Gasteiger partial charge < -0.3 is 9.88 Å². The Balaban J connectivity index is 1.57. The molecule has 0 unspecified atom stereocenters. The summed E-state index contributed by atoms with van der Waals surface area (Å²) in [5, 5.41) is 2.88. The molecule has 1 heterocycles. The van der Waals surface area contributed by atoms with E-state index in [9.17, 15) is 9.18 Å². The molecule has 3 rings (SSSR count). The second-order valence-electron chi connectivity index (χ2n) is 5.91. The van der Waals surface area contributed by atoms with Crippen LogP contribution in [0.3, 0.4) is 0 Å². The van der Waals surface area contributed by atoms with E-state index in [2.05, 4.69) is 10.3 Å². The van der Waals surface area contributed by atoms with Gasteiger partial charge in [-0.1, -0.05) is 24.3 Å². The second kappa shape index (κ2) is 6.83. The summed E-state index contributed by atoms with van der Waals surface area (Å²) in [4.78, 5) is 16.5. The molecule has 2 aromatic carbocycles. The number of hydrogen-bond acceptors (Lipinski definition) is 2. The number of hydrogen-bond donors (Lipinski definition) is 1. The molecule has 1 aromatic heterocycles. The lowest BCUT2D eigenvalue weighted by molar-refractivity contribution is -0.121. The first-order valence-electron chi connectivity index (χ1n) is 7.96. The first kappa shape index (κ1) is 16.2. The number of fused-ring (bicyclic) bond motifs is 1. The fourth-order valence-corrected chi connectivity index (χ4v) is 2.71. The average Bonchev–Trinajstić information content (AvgIpc) is 2.86. The first-order valence-corrected chi connectivity index (χ1v) is 7.96. The zero-order chi connectivity index (χ0) is 17.1. The number of halogens is 1. The third-order valence-corrected chi connectivity index (χ3v) is 4.24. The predicted molar refractivity (Wildman–Crippen MR) is 92.0 cm³/mol. The minimum atomic E-state index is -0.263. The van der Waals surface area contributed by atoms with Gasteiger partial charge >= 0.3 is 0 Å². The molecule has 0 bridgehead atoms. The summed E-state index contributed by atoms with van der Waals surface area (Å²) >= 11 is 0. The molecule has 0 radical (unpaired) electrons. The third kappa shape index (κ3) is 3.45. The van der Waals surface area contributed by atoms with Gasteiger partial charge in [0.15, 0.2) is 0 Å². The Labute approximate surface area is 140 Å². The molecule has 5 heteroatoms. The molecule has 3 aromatic rings. The monoisotopic (exact) mass is 325 g/mol. The van der Waals surface area contributed by atoms with Crippen molar-refractivity contribution in [3.63, 3.8) is 0 Å². The highest BCUT2D eigenvalue weighted by Gasteiger charge is 2.07. The Morgan fingerprint density at radius 2 is 2.04 bits per heavy atom. The molecular weight excluding hydrogens is 305 g/mol. The van der Waals surface area contributed by atoms with E-state index in [1.807, 2.05) is 36.7 Å². The molecule has 0 aliphatic heterocycles. The Kier molecular flexibility index (Phi) is 4.60. The highest BCUT2D eigenvalue weighted by atomic mass is 19.1. The summed E-state index contributed by atoms with van der Waals surface area (Å²) in [6, 6.07) is 12.5. The van der Waals surface area contributed by atoms with Crippen LogP contribution in [0, 0.1) is 12.7 Å². The van der Waals surface area contributed by atoms with Gasteiger partial charge in [-0.15, -0.1) is 0 Å². The van der Waals surface area contributed by atoms with E-state index in [0.29, 0.717) is 18.5 Å². The van der Waals surface area contributed by atoms with Crippen LogP contribution in [0.25, 0.3) is 11.0 Å². The third-order valence-electron chi connectivity index (χ3n) is 4.24. The van der Waals surface area contributed by atoms with E-state index in [0.717, 1.165) is 22.4 Å². The van der Waals surface area contributed by atoms with Crippen molar-refractivity contribution in [2.24, 2.45) is 7.05 Å². The molecule has 1 amide bonds. The molecule has 24 heavy (non-hydrogen) atoms. The Bertz CT molecular complexity index is 885. The summed E-state index contributed by atoms with van der Waals surface area (Å²) in [6.45, 7) is 2.41. The number of aryl methyl sites for hydroxylation is 3. The molecule has 4 nitrogen and oxygen atoms in total. The van der Waals surface area contributed by atoms with Gasteiger partial charge in [0.2, 0.25) is 5.91 Å². The van der Waals surface area contributed by atoms with Gasteiger partial charge in [0.05, 0.1) is 11.0 Å². The summed E-state index contributed by atoms with van der Waals surface area (Å²) in [5.41, 5.74) is 3.56. The van der Waals surface area contributed by atoms with Crippen molar-refractivity contribution in [1.29, 1.82) is 0 Å². The zero-order valence-corrected chi connectivity index (χ0v) is 13.8. The Morgan fingerprint density at radius 3 is 2.83 bits per heavy atom. The molecular formula is C19H20FN3O. The van der Waals surface area contributed by atoms with Crippen molar-refractivity contribution >= 4 is 16.9 Å². The van der Waals surface area contributed by atoms with Crippen LogP contribution in [0.5, 0.6) is 0 Å². The van der Waals surface area contributed by atoms with Crippen LogP contribution >= 0.6 is 0 Å². The maximum atomic E-state index is 13.5. The lowest BCUT2D eigenvalue weighted by atomic mass is 10.1. The normalized spacial score (nSPS) is 11.0. The van der Waals surface area contributed by atoms with Crippen LogP contribution in [0.1, 0.15) is 23.4 Å². The number of nitrogens with one attached hydrogen (secondary N) is 1. The van der Waals surface area contributed by atoms with Crippen molar-refractivity contribution in [2.45, 2.75) is 26.3 Å². The van der Waals surface area contributed by atoms with Crippen molar-refractivity contribution in [1.82, 2.24) is 14.9 Å². The summed E-state index contributed by atoms with van der Waals surface area (Å²) in [5.74, 6) is 0.605.